The zero-order chi connectivity index (χ0) is 17.8. The number of hydrogen-bond donors (Lipinski definition) is 1. The van der Waals surface area contributed by atoms with Gasteiger partial charge in [0.25, 0.3) is 5.91 Å². The number of piperazine rings is 1. The van der Waals surface area contributed by atoms with Gasteiger partial charge in [0.05, 0.1) is 13.2 Å². The normalized spacial score (nSPS) is 15.2. The van der Waals surface area contributed by atoms with Gasteiger partial charge in [0.2, 0.25) is 0 Å². The van der Waals surface area contributed by atoms with Crippen LogP contribution in [0.3, 0.4) is 0 Å². The van der Waals surface area contributed by atoms with Gasteiger partial charge in [-0.2, -0.15) is 0 Å². The topological polar surface area (TPSA) is 105 Å². The molecule has 0 spiro atoms. The van der Waals surface area contributed by atoms with E-state index in [0.29, 0.717) is 13.1 Å². The minimum absolute atomic E-state index is 0.0768. The Morgan fingerprint density at radius 3 is 2.72 bits per heavy atom. The number of nitrogens with one attached hydrogen (secondary N) is 1. The number of carbonyl (C=O) groups excluding carboxylic acids is 1. The third-order valence-electron chi connectivity index (χ3n) is 4.18. The van der Waals surface area contributed by atoms with Crippen molar-refractivity contribution in [1.29, 1.82) is 0 Å². The minimum Gasteiger partial charge on any atom is -0.497 e. The van der Waals surface area contributed by atoms with Crippen LogP contribution in [0.25, 0.3) is 0 Å². The SMILES string of the molecule is COc1cccc(CN2CCN(C(=O)c3cc([N+](=O)[O-])[nH]n3)CC2)c1. The monoisotopic (exact) mass is 345 g/mol. The highest BCUT2D eigenvalue weighted by Crippen LogP contribution is 2.16. The van der Waals surface area contributed by atoms with Gasteiger partial charge in [0.1, 0.15) is 5.75 Å². The van der Waals surface area contributed by atoms with Crippen molar-refractivity contribution in [2.24, 2.45) is 0 Å². The van der Waals surface area contributed by atoms with E-state index in [1.807, 2.05) is 24.3 Å². The molecule has 2 aromatic rings. The first kappa shape index (κ1) is 16.9. The van der Waals surface area contributed by atoms with Crippen LogP contribution in [0, 0.1) is 10.1 Å². The first-order chi connectivity index (χ1) is 12.1. The number of rotatable bonds is 5. The van der Waals surface area contributed by atoms with Gasteiger partial charge in [-0.1, -0.05) is 17.2 Å². The maximum Gasteiger partial charge on any atom is 0.343 e. The number of H-pyrrole nitrogens is 1. The minimum atomic E-state index is -0.601. The van der Waals surface area contributed by atoms with Gasteiger partial charge >= 0.3 is 5.82 Å². The molecule has 1 amide bonds. The number of aromatic amines is 1. The Morgan fingerprint density at radius 2 is 2.08 bits per heavy atom. The molecule has 9 heteroatoms. The third-order valence-corrected chi connectivity index (χ3v) is 4.18. The number of carbonyl (C=O) groups is 1. The molecular formula is C16H19N5O4. The zero-order valence-corrected chi connectivity index (χ0v) is 13.8. The van der Waals surface area contributed by atoms with E-state index < -0.39 is 4.92 Å². The maximum absolute atomic E-state index is 12.4. The van der Waals surface area contributed by atoms with E-state index in [1.165, 1.54) is 6.07 Å². The molecule has 0 aliphatic carbocycles. The molecule has 25 heavy (non-hydrogen) atoms. The molecule has 1 aliphatic heterocycles. The van der Waals surface area contributed by atoms with Gasteiger partial charge in [-0.3, -0.25) is 9.69 Å². The van der Waals surface area contributed by atoms with Crippen molar-refractivity contribution in [3.8, 4) is 5.75 Å². The molecule has 1 saturated heterocycles. The molecule has 0 saturated carbocycles. The molecule has 0 radical (unpaired) electrons. The van der Waals surface area contributed by atoms with E-state index in [2.05, 4.69) is 15.1 Å². The van der Waals surface area contributed by atoms with Crippen molar-refractivity contribution >= 4 is 11.7 Å². The van der Waals surface area contributed by atoms with Crippen LogP contribution in [0.1, 0.15) is 16.1 Å². The lowest BCUT2D eigenvalue weighted by atomic mass is 10.2. The smallest absolute Gasteiger partial charge is 0.343 e. The first-order valence-electron chi connectivity index (χ1n) is 7.91. The average molecular weight is 345 g/mol. The molecule has 1 N–H and O–H groups in total. The second kappa shape index (κ2) is 7.31. The molecule has 3 rings (SSSR count). The molecule has 0 atom stereocenters. The average Bonchev–Trinajstić information content (AvgIpc) is 3.12. The highest BCUT2D eigenvalue weighted by atomic mass is 16.6. The van der Waals surface area contributed by atoms with Gasteiger partial charge < -0.3 is 19.8 Å². The molecular weight excluding hydrogens is 326 g/mol. The third kappa shape index (κ3) is 3.94. The van der Waals surface area contributed by atoms with Crippen molar-refractivity contribution in [1.82, 2.24) is 20.0 Å². The quantitative estimate of drug-likeness (QED) is 0.647. The van der Waals surface area contributed by atoms with E-state index >= 15 is 0 Å². The molecule has 1 aromatic heterocycles. The molecule has 0 bridgehead atoms. The predicted molar refractivity (Wildman–Crippen MR) is 89.4 cm³/mol. The van der Waals surface area contributed by atoms with Crippen molar-refractivity contribution in [3.05, 3.63) is 51.7 Å². The number of nitrogens with zero attached hydrogens (tertiary/aromatic N) is 4. The van der Waals surface area contributed by atoms with Gasteiger partial charge in [-0.15, -0.1) is 5.10 Å². The van der Waals surface area contributed by atoms with Gasteiger partial charge in [-0.05, 0) is 22.6 Å². The molecule has 1 fully saturated rings. The summed E-state index contributed by atoms with van der Waals surface area (Å²) in [4.78, 5) is 26.4. The van der Waals surface area contributed by atoms with E-state index in [4.69, 9.17) is 4.74 Å². The van der Waals surface area contributed by atoms with Crippen LogP contribution in [0.4, 0.5) is 5.82 Å². The summed E-state index contributed by atoms with van der Waals surface area (Å²) in [5.41, 5.74) is 1.23. The Labute approximate surface area is 144 Å². The van der Waals surface area contributed by atoms with Crippen LogP contribution in [-0.2, 0) is 6.54 Å². The lowest BCUT2D eigenvalue weighted by Gasteiger charge is -2.34. The van der Waals surface area contributed by atoms with E-state index in [9.17, 15) is 14.9 Å². The van der Waals surface area contributed by atoms with Crippen LogP contribution in [0.2, 0.25) is 0 Å². The second-order valence-corrected chi connectivity index (χ2v) is 5.82. The Morgan fingerprint density at radius 1 is 1.32 bits per heavy atom. The summed E-state index contributed by atoms with van der Waals surface area (Å²) in [5, 5.41) is 16.7. The predicted octanol–water partition coefficient (Wildman–Crippen LogP) is 1.28. The lowest BCUT2D eigenvalue weighted by Crippen LogP contribution is -2.48. The standard InChI is InChI=1S/C16H19N5O4/c1-25-13-4-2-3-12(9-13)11-19-5-7-20(8-6-19)16(22)14-10-15(18-17-14)21(23)24/h2-4,9-10H,5-8,11H2,1H3,(H,17,18). The zero-order valence-electron chi connectivity index (χ0n) is 13.8. The highest BCUT2D eigenvalue weighted by molar-refractivity contribution is 5.92. The summed E-state index contributed by atoms with van der Waals surface area (Å²) < 4.78 is 5.23. The fraction of sp³-hybridized carbons (Fsp3) is 0.375. The van der Waals surface area contributed by atoms with Crippen LogP contribution in [-0.4, -0.2) is 64.1 Å². The van der Waals surface area contributed by atoms with Gasteiger partial charge in [-0.25, -0.2) is 0 Å². The molecule has 1 aromatic carbocycles. The number of ether oxygens (including phenoxy) is 1. The molecule has 132 valence electrons. The van der Waals surface area contributed by atoms with Crippen molar-refractivity contribution in [2.75, 3.05) is 33.3 Å². The summed E-state index contributed by atoms with van der Waals surface area (Å²) in [7, 11) is 1.64. The molecule has 1 aliphatic rings. The van der Waals surface area contributed by atoms with Crippen LogP contribution in [0.5, 0.6) is 5.75 Å². The Kier molecular flexibility index (Phi) is 4.94. The summed E-state index contributed by atoms with van der Waals surface area (Å²) in [5.74, 6) is 0.261. The number of amides is 1. The molecule has 0 unspecified atom stereocenters. The largest absolute Gasteiger partial charge is 0.497 e. The molecule has 2 heterocycles. The van der Waals surface area contributed by atoms with E-state index in [0.717, 1.165) is 30.9 Å². The lowest BCUT2D eigenvalue weighted by molar-refractivity contribution is -0.389. The van der Waals surface area contributed by atoms with E-state index in [1.54, 1.807) is 12.0 Å². The summed E-state index contributed by atoms with van der Waals surface area (Å²) in [6, 6.07) is 9.08. The summed E-state index contributed by atoms with van der Waals surface area (Å²) >= 11 is 0. The number of benzene rings is 1. The number of methoxy groups -OCH3 is 1. The fourth-order valence-corrected chi connectivity index (χ4v) is 2.81. The van der Waals surface area contributed by atoms with Crippen LogP contribution < -0.4 is 4.74 Å². The summed E-state index contributed by atoms with van der Waals surface area (Å²) in [6.07, 6.45) is 0. The van der Waals surface area contributed by atoms with Crippen molar-refractivity contribution < 1.29 is 14.5 Å². The van der Waals surface area contributed by atoms with E-state index in [-0.39, 0.29) is 17.4 Å². The number of nitro groups is 1. The Bertz CT molecular complexity index is 767. The summed E-state index contributed by atoms with van der Waals surface area (Å²) in [6.45, 7) is 3.37. The molecule has 9 nitrogen and oxygen atoms in total. The van der Waals surface area contributed by atoms with Crippen LogP contribution in [0.15, 0.2) is 30.3 Å². The number of aromatic nitrogens is 2. The Balaban J connectivity index is 1.55. The second-order valence-electron chi connectivity index (χ2n) is 5.82. The number of hydrogen-bond acceptors (Lipinski definition) is 6. The Hall–Kier alpha value is -2.94. The van der Waals surface area contributed by atoms with Crippen molar-refractivity contribution in [2.45, 2.75) is 6.54 Å². The van der Waals surface area contributed by atoms with Crippen molar-refractivity contribution in [3.63, 3.8) is 0 Å². The highest BCUT2D eigenvalue weighted by Gasteiger charge is 2.25. The maximum atomic E-state index is 12.4. The van der Waals surface area contributed by atoms with Gasteiger partial charge in [0.15, 0.2) is 5.69 Å². The van der Waals surface area contributed by atoms with Gasteiger partial charge in [0, 0.05) is 32.7 Å². The first-order valence-corrected chi connectivity index (χ1v) is 7.91. The van der Waals surface area contributed by atoms with Crippen LogP contribution >= 0.6 is 0 Å². The fourth-order valence-electron chi connectivity index (χ4n) is 2.81.